The zero-order chi connectivity index (χ0) is 17.9. The van der Waals surface area contributed by atoms with Crippen LogP contribution in [0, 0.1) is 13.8 Å². The maximum Gasteiger partial charge on any atom is 0.338 e. The van der Waals surface area contributed by atoms with Crippen LogP contribution in [0.25, 0.3) is 0 Å². The standard InChI is InChI=1S/C18H21NO4S/c1-5-19(24(21,22)15-11-9-13(2)10-12-15)17-8-6-7-16(14(17)3)18(20)23-4/h6-12H,5H2,1-4H3. The highest BCUT2D eigenvalue weighted by molar-refractivity contribution is 7.92. The lowest BCUT2D eigenvalue weighted by Crippen LogP contribution is -2.31. The molecule has 0 aromatic heterocycles. The molecule has 0 amide bonds. The van der Waals surface area contributed by atoms with Crippen LogP contribution in [0.2, 0.25) is 0 Å². The maximum atomic E-state index is 13.0. The van der Waals surface area contributed by atoms with Gasteiger partial charge in [0.25, 0.3) is 10.0 Å². The highest BCUT2D eigenvalue weighted by Gasteiger charge is 2.26. The molecule has 0 aliphatic heterocycles. The first-order chi connectivity index (χ1) is 11.3. The molecule has 0 saturated heterocycles. The molecule has 0 fully saturated rings. The van der Waals surface area contributed by atoms with Crippen molar-refractivity contribution < 1.29 is 17.9 Å². The van der Waals surface area contributed by atoms with E-state index < -0.39 is 16.0 Å². The molecule has 0 heterocycles. The van der Waals surface area contributed by atoms with Crippen LogP contribution in [-0.4, -0.2) is 28.0 Å². The Kier molecular flexibility index (Phi) is 5.29. The van der Waals surface area contributed by atoms with Crippen LogP contribution in [0.15, 0.2) is 47.4 Å². The summed E-state index contributed by atoms with van der Waals surface area (Å²) in [6.45, 7) is 5.63. The molecule has 24 heavy (non-hydrogen) atoms. The lowest BCUT2D eigenvalue weighted by atomic mass is 10.1. The van der Waals surface area contributed by atoms with Gasteiger partial charge < -0.3 is 4.74 Å². The van der Waals surface area contributed by atoms with Crippen LogP contribution >= 0.6 is 0 Å². The van der Waals surface area contributed by atoms with Gasteiger partial charge in [0, 0.05) is 6.54 Å². The molecule has 0 bridgehead atoms. The topological polar surface area (TPSA) is 63.7 Å². The number of hydrogen-bond donors (Lipinski definition) is 0. The van der Waals surface area contributed by atoms with E-state index in [0.29, 0.717) is 16.8 Å². The normalized spacial score (nSPS) is 11.2. The molecule has 0 aliphatic carbocycles. The Balaban J connectivity index is 2.56. The molecule has 0 spiro atoms. The molecular formula is C18H21NO4S. The number of carbonyl (C=O) groups excluding carboxylic acids is 1. The average molecular weight is 347 g/mol. The van der Waals surface area contributed by atoms with Crippen LogP contribution in [-0.2, 0) is 14.8 Å². The zero-order valence-electron chi connectivity index (χ0n) is 14.2. The highest BCUT2D eigenvalue weighted by atomic mass is 32.2. The summed E-state index contributed by atoms with van der Waals surface area (Å²) in [6.07, 6.45) is 0. The molecule has 2 rings (SSSR count). The van der Waals surface area contributed by atoms with Crippen molar-refractivity contribution in [1.29, 1.82) is 0 Å². The molecule has 0 aliphatic rings. The number of nitrogens with zero attached hydrogens (tertiary/aromatic N) is 1. The first-order valence-corrected chi connectivity index (χ1v) is 9.04. The molecule has 0 unspecified atom stereocenters. The summed E-state index contributed by atoms with van der Waals surface area (Å²) >= 11 is 0. The van der Waals surface area contributed by atoms with E-state index in [0.717, 1.165) is 5.56 Å². The third-order valence-electron chi connectivity index (χ3n) is 3.88. The van der Waals surface area contributed by atoms with Crippen molar-refractivity contribution in [2.24, 2.45) is 0 Å². The van der Waals surface area contributed by atoms with Crippen LogP contribution in [0.4, 0.5) is 5.69 Å². The fourth-order valence-electron chi connectivity index (χ4n) is 2.53. The predicted octanol–water partition coefficient (Wildman–Crippen LogP) is 3.31. The summed E-state index contributed by atoms with van der Waals surface area (Å²) < 4.78 is 32.0. The zero-order valence-corrected chi connectivity index (χ0v) is 15.1. The third kappa shape index (κ3) is 3.28. The van der Waals surface area contributed by atoms with Crippen molar-refractivity contribution in [2.45, 2.75) is 25.7 Å². The van der Waals surface area contributed by atoms with Crippen LogP contribution in [0.5, 0.6) is 0 Å². The minimum absolute atomic E-state index is 0.220. The van der Waals surface area contributed by atoms with E-state index in [9.17, 15) is 13.2 Å². The number of carbonyl (C=O) groups is 1. The van der Waals surface area contributed by atoms with Crippen LogP contribution in [0.3, 0.4) is 0 Å². The Bertz CT molecular complexity index is 842. The summed E-state index contributed by atoms with van der Waals surface area (Å²) in [5.41, 5.74) is 2.39. The summed E-state index contributed by atoms with van der Waals surface area (Å²) in [5.74, 6) is -0.488. The number of anilines is 1. The molecular weight excluding hydrogens is 326 g/mol. The molecule has 6 heteroatoms. The van der Waals surface area contributed by atoms with E-state index in [2.05, 4.69) is 0 Å². The number of benzene rings is 2. The van der Waals surface area contributed by atoms with Crippen molar-refractivity contribution in [3.05, 3.63) is 59.2 Å². The number of ether oxygens (including phenoxy) is 1. The van der Waals surface area contributed by atoms with Gasteiger partial charge in [-0.2, -0.15) is 0 Å². The number of esters is 1. The van der Waals surface area contributed by atoms with Crippen molar-refractivity contribution in [2.75, 3.05) is 18.0 Å². The number of rotatable bonds is 5. The molecule has 2 aromatic rings. The lowest BCUT2D eigenvalue weighted by molar-refractivity contribution is 0.0600. The molecule has 2 aromatic carbocycles. The Morgan fingerprint density at radius 3 is 2.25 bits per heavy atom. The monoisotopic (exact) mass is 347 g/mol. The molecule has 5 nitrogen and oxygen atoms in total. The van der Waals surface area contributed by atoms with Gasteiger partial charge in [-0.05, 0) is 50.6 Å². The van der Waals surface area contributed by atoms with Crippen LogP contribution in [0.1, 0.15) is 28.4 Å². The van der Waals surface area contributed by atoms with Crippen molar-refractivity contribution in [3.63, 3.8) is 0 Å². The summed E-state index contributed by atoms with van der Waals surface area (Å²) in [5, 5.41) is 0. The van der Waals surface area contributed by atoms with E-state index in [1.54, 1.807) is 56.3 Å². The van der Waals surface area contributed by atoms with Gasteiger partial charge in [-0.25, -0.2) is 13.2 Å². The largest absolute Gasteiger partial charge is 0.465 e. The van der Waals surface area contributed by atoms with Gasteiger partial charge in [0.15, 0.2) is 0 Å². The molecule has 128 valence electrons. The van der Waals surface area contributed by atoms with Gasteiger partial charge >= 0.3 is 5.97 Å². The van der Waals surface area contributed by atoms with Crippen molar-refractivity contribution in [1.82, 2.24) is 0 Å². The third-order valence-corrected chi connectivity index (χ3v) is 5.78. The van der Waals surface area contributed by atoms with Gasteiger partial charge in [-0.1, -0.05) is 23.8 Å². The number of hydrogen-bond acceptors (Lipinski definition) is 4. The Hall–Kier alpha value is -2.34. The average Bonchev–Trinajstić information content (AvgIpc) is 2.56. The fraction of sp³-hybridized carbons (Fsp3) is 0.278. The number of sulfonamides is 1. The van der Waals surface area contributed by atoms with E-state index in [1.165, 1.54) is 11.4 Å². The van der Waals surface area contributed by atoms with Gasteiger partial charge in [0.2, 0.25) is 0 Å². The van der Waals surface area contributed by atoms with E-state index >= 15 is 0 Å². The molecule has 0 N–H and O–H groups in total. The van der Waals surface area contributed by atoms with Gasteiger partial charge in [0.1, 0.15) is 0 Å². The first-order valence-electron chi connectivity index (χ1n) is 7.60. The summed E-state index contributed by atoms with van der Waals surface area (Å²) in [7, 11) is -2.41. The van der Waals surface area contributed by atoms with Crippen LogP contribution < -0.4 is 4.31 Å². The Morgan fingerprint density at radius 1 is 1.08 bits per heavy atom. The Morgan fingerprint density at radius 2 is 1.71 bits per heavy atom. The van der Waals surface area contributed by atoms with E-state index in [4.69, 9.17) is 4.74 Å². The molecule has 0 radical (unpaired) electrons. The second kappa shape index (κ2) is 7.05. The Labute approximate surface area is 142 Å². The second-order valence-corrected chi connectivity index (χ2v) is 7.29. The second-order valence-electron chi connectivity index (χ2n) is 5.42. The lowest BCUT2D eigenvalue weighted by Gasteiger charge is -2.25. The quantitative estimate of drug-likeness (QED) is 0.779. The van der Waals surface area contributed by atoms with Crippen molar-refractivity contribution >= 4 is 21.7 Å². The van der Waals surface area contributed by atoms with Gasteiger partial charge in [0.05, 0.1) is 23.3 Å². The first kappa shape index (κ1) is 18.0. The number of aryl methyl sites for hydroxylation is 1. The highest BCUT2D eigenvalue weighted by Crippen LogP contribution is 2.29. The SMILES string of the molecule is CCN(c1cccc(C(=O)OC)c1C)S(=O)(=O)c1ccc(C)cc1. The summed E-state index contributed by atoms with van der Waals surface area (Å²) in [4.78, 5) is 12.1. The fourth-order valence-corrected chi connectivity index (χ4v) is 4.06. The van der Waals surface area contributed by atoms with E-state index in [-0.39, 0.29) is 11.4 Å². The van der Waals surface area contributed by atoms with E-state index in [1.807, 2.05) is 6.92 Å². The van der Waals surface area contributed by atoms with Gasteiger partial charge in [-0.3, -0.25) is 4.31 Å². The smallest absolute Gasteiger partial charge is 0.338 e. The minimum atomic E-state index is -3.71. The maximum absolute atomic E-state index is 13.0. The minimum Gasteiger partial charge on any atom is -0.465 e. The predicted molar refractivity (Wildman–Crippen MR) is 93.9 cm³/mol. The molecule has 0 atom stereocenters. The number of methoxy groups -OCH3 is 1. The van der Waals surface area contributed by atoms with Gasteiger partial charge in [-0.15, -0.1) is 0 Å². The summed E-state index contributed by atoms with van der Waals surface area (Å²) in [6, 6.07) is 11.7. The molecule has 0 saturated carbocycles. The van der Waals surface area contributed by atoms with Crippen molar-refractivity contribution in [3.8, 4) is 0 Å².